The zero-order chi connectivity index (χ0) is 16.7. The lowest BCUT2D eigenvalue weighted by Gasteiger charge is -2.06. The average molecular weight is 311 g/mol. The third-order valence-corrected chi connectivity index (χ3v) is 3.04. The number of nitrogens with one attached hydrogen (secondary N) is 2. The van der Waals surface area contributed by atoms with Crippen molar-refractivity contribution in [2.24, 2.45) is 5.73 Å². The number of amides is 3. The molecule has 0 aliphatic heterocycles. The van der Waals surface area contributed by atoms with E-state index in [0.29, 0.717) is 17.0 Å². The van der Waals surface area contributed by atoms with Crippen LogP contribution < -0.4 is 21.1 Å². The van der Waals surface area contributed by atoms with E-state index in [2.05, 4.69) is 10.6 Å². The Balaban J connectivity index is 1.92. The van der Waals surface area contributed by atoms with Crippen molar-refractivity contribution in [1.82, 2.24) is 5.32 Å². The van der Waals surface area contributed by atoms with Gasteiger partial charge in [-0.05, 0) is 36.4 Å². The van der Waals surface area contributed by atoms with Crippen LogP contribution in [0.25, 0.3) is 6.08 Å². The van der Waals surface area contributed by atoms with Crippen LogP contribution in [0.2, 0.25) is 0 Å². The highest BCUT2D eigenvalue weighted by Crippen LogP contribution is 2.18. The molecular formula is C17H17N3O3. The number of primary amides is 1. The summed E-state index contributed by atoms with van der Waals surface area (Å²) in [5.74, 6) is 0.203. The number of urea groups is 1. The highest BCUT2D eigenvalue weighted by atomic mass is 16.5. The van der Waals surface area contributed by atoms with Gasteiger partial charge in [-0.3, -0.25) is 4.79 Å². The van der Waals surface area contributed by atoms with Crippen LogP contribution in [0.4, 0.5) is 10.5 Å². The van der Waals surface area contributed by atoms with E-state index in [1.807, 2.05) is 24.3 Å². The average Bonchev–Trinajstić information content (AvgIpc) is 2.55. The summed E-state index contributed by atoms with van der Waals surface area (Å²) in [6.45, 7) is 0. The Morgan fingerprint density at radius 3 is 2.43 bits per heavy atom. The van der Waals surface area contributed by atoms with Crippen molar-refractivity contribution in [1.29, 1.82) is 0 Å². The van der Waals surface area contributed by atoms with Gasteiger partial charge in [0.2, 0.25) is 5.91 Å². The minimum atomic E-state index is -0.513. The first-order chi connectivity index (χ1) is 11.1. The summed E-state index contributed by atoms with van der Waals surface area (Å²) < 4.78 is 5.21. The molecule has 0 saturated heterocycles. The van der Waals surface area contributed by atoms with Crippen molar-refractivity contribution in [3.8, 4) is 5.75 Å². The second-order valence-electron chi connectivity index (χ2n) is 4.62. The Hall–Kier alpha value is -3.28. The van der Waals surface area contributed by atoms with Crippen LogP contribution in [-0.2, 0) is 0 Å². The minimum absolute atomic E-state index is 0.382. The van der Waals surface area contributed by atoms with Crippen LogP contribution in [0, 0.1) is 0 Å². The number of methoxy groups -OCH3 is 1. The van der Waals surface area contributed by atoms with Gasteiger partial charge >= 0.3 is 6.03 Å². The molecule has 0 bridgehead atoms. The fourth-order valence-corrected chi connectivity index (χ4v) is 1.90. The first-order valence-corrected chi connectivity index (χ1v) is 6.87. The molecule has 0 heterocycles. The molecule has 3 amide bonds. The minimum Gasteiger partial charge on any atom is -0.496 e. The molecule has 0 aromatic heterocycles. The number of carbonyl (C=O) groups excluding carboxylic acids is 2. The van der Waals surface area contributed by atoms with Crippen molar-refractivity contribution in [3.05, 3.63) is 65.9 Å². The predicted octanol–water partition coefficient (Wildman–Crippen LogP) is 2.59. The molecule has 23 heavy (non-hydrogen) atoms. The van der Waals surface area contributed by atoms with E-state index in [4.69, 9.17) is 10.5 Å². The standard InChI is InChI=1S/C17H17N3O3/c1-23-15-5-3-2-4-12(15)10-11-19-17(22)20-14-8-6-13(7-9-14)16(18)21/h2-11H,1H3,(H2,18,21)(H2,19,20,22)/b11-10+. The molecule has 0 fully saturated rings. The molecule has 0 spiro atoms. The van der Waals surface area contributed by atoms with Crippen LogP contribution in [0.1, 0.15) is 15.9 Å². The maximum absolute atomic E-state index is 11.8. The summed E-state index contributed by atoms with van der Waals surface area (Å²) in [4.78, 5) is 22.7. The fourth-order valence-electron chi connectivity index (χ4n) is 1.90. The molecule has 0 saturated carbocycles. The van der Waals surface area contributed by atoms with E-state index in [9.17, 15) is 9.59 Å². The maximum atomic E-state index is 11.8. The zero-order valence-electron chi connectivity index (χ0n) is 12.6. The molecule has 4 N–H and O–H groups in total. The Kier molecular flexibility index (Phi) is 5.35. The molecule has 0 aliphatic rings. The second-order valence-corrected chi connectivity index (χ2v) is 4.62. The number of hydrogen-bond donors (Lipinski definition) is 3. The third-order valence-electron chi connectivity index (χ3n) is 3.04. The van der Waals surface area contributed by atoms with Gasteiger partial charge in [0.15, 0.2) is 0 Å². The number of nitrogens with two attached hydrogens (primary N) is 1. The van der Waals surface area contributed by atoms with Gasteiger partial charge in [0, 0.05) is 23.0 Å². The molecule has 2 aromatic rings. The predicted molar refractivity (Wildman–Crippen MR) is 89.1 cm³/mol. The molecule has 2 aromatic carbocycles. The maximum Gasteiger partial charge on any atom is 0.323 e. The lowest BCUT2D eigenvalue weighted by molar-refractivity contribution is 0.100. The van der Waals surface area contributed by atoms with Crippen LogP contribution in [0.5, 0.6) is 5.75 Å². The molecule has 6 heteroatoms. The van der Waals surface area contributed by atoms with E-state index in [-0.39, 0.29) is 0 Å². The Bertz CT molecular complexity index is 724. The highest BCUT2D eigenvalue weighted by Gasteiger charge is 2.02. The molecule has 0 aliphatic carbocycles. The number of rotatable bonds is 5. The van der Waals surface area contributed by atoms with E-state index < -0.39 is 11.9 Å². The van der Waals surface area contributed by atoms with Gasteiger partial charge in [-0.15, -0.1) is 0 Å². The van der Waals surface area contributed by atoms with Crippen LogP contribution >= 0.6 is 0 Å². The number of benzene rings is 2. The SMILES string of the molecule is COc1ccccc1/C=C/NC(=O)Nc1ccc(C(N)=O)cc1. The Morgan fingerprint density at radius 2 is 1.78 bits per heavy atom. The van der Waals surface area contributed by atoms with Crippen LogP contribution in [-0.4, -0.2) is 19.0 Å². The first-order valence-electron chi connectivity index (χ1n) is 6.87. The van der Waals surface area contributed by atoms with Gasteiger partial charge in [0.05, 0.1) is 7.11 Å². The molecule has 0 radical (unpaired) electrons. The summed E-state index contributed by atoms with van der Waals surface area (Å²) in [6.07, 6.45) is 3.25. The normalized spacial score (nSPS) is 10.3. The molecule has 0 unspecified atom stereocenters. The summed E-state index contributed by atoms with van der Waals surface area (Å²) in [7, 11) is 1.59. The summed E-state index contributed by atoms with van der Waals surface area (Å²) in [6, 6.07) is 13.3. The largest absolute Gasteiger partial charge is 0.496 e. The Morgan fingerprint density at radius 1 is 1.09 bits per heavy atom. The molecule has 6 nitrogen and oxygen atoms in total. The lowest BCUT2D eigenvalue weighted by atomic mass is 10.2. The molecular weight excluding hydrogens is 294 g/mol. The molecule has 2 rings (SSSR count). The first kappa shape index (κ1) is 16.1. The topological polar surface area (TPSA) is 93.4 Å². The lowest BCUT2D eigenvalue weighted by Crippen LogP contribution is -2.23. The summed E-state index contributed by atoms with van der Waals surface area (Å²) >= 11 is 0. The van der Waals surface area contributed by atoms with Crippen molar-refractivity contribution < 1.29 is 14.3 Å². The highest BCUT2D eigenvalue weighted by molar-refractivity contribution is 5.94. The van der Waals surface area contributed by atoms with E-state index >= 15 is 0 Å². The summed E-state index contributed by atoms with van der Waals surface area (Å²) in [5, 5.41) is 5.23. The monoisotopic (exact) mass is 311 g/mol. The quantitative estimate of drug-likeness (QED) is 0.792. The number of anilines is 1. The number of ether oxygens (including phenoxy) is 1. The van der Waals surface area contributed by atoms with Crippen LogP contribution in [0.15, 0.2) is 54.7 Å². The van der Waals surface area contributed by atoms with Gasteiger partial charge < -0.3 is 21.1 Å². The van der Waals surface area contributed by atoms with E-state index in [0.717, 1.165) is 5.56 Å². The number of hydrogen-bond acceptors (Lipinski definition) is 3. The third kappa shape index (κ3) is 4.60. The Labute approximate surface area is 133 Å². The smallest absolute Gasteiger partial charge is 0.323 e. The van der Waals surface area contributed by atoms with Gasteiger partial charge in [-0.25, -0.2) is 4.79 Å². The van der Waals surface area contributed by atoms with E-state index in [1.54, 1.807) is 37.5 Å². The molecule has 118 valence electrons. The zero-order valence-corrected chi connectivity index (χ0v) is 12.6. The summed E-state index contributed by atoms with van der Waals surface area (Å²) in [5.41, 5.74) is 6.94. The van der Waals surface area contributed by atoms with E-state index in [1.165, 1.54) is 6.20 Å². The van der Waals surface area contributed by atoms with Crippen molar-refractivity contribution in [2.75, 3.05) is 12.4 Å². The number of para-hydroxylation sites is 1. The fraction of sp³-hybridized carbons (Fsp3) is 0.0588. The second kappa shape index (κ2) is 7.65. The van der Waals surface area contributed by atoms with Crippen molar-refractivity contribution >= 4 is 23.7 Å². The molecule has 0 atom stereocenters. The van der Waals surface area contributed by atoms with Crippen LogP contribution in [0.3, 0.4) is 0 Å². The van der Waals surface area contributed by atoms with Gasteiger partial charge in [-0.2, -0.15) is 0 Å². The van der Waals surface area contributed by atoms with Gasteiger partial charge in [0.1, 0.15) is 5.75 Å². The van der Waals surface area contributed by atoms with Crippen molar-refractivity contribution in [3.63, 3.8) is 0 Å². The van der Waals surface area contributed by atoms with Gasteiger partial charge in [-0.1, -0.05) is 18.2 Å². The van der Waals surface area contributed by atoms with Gasteiger partial charge in [0.25, 0.3) is 0 Å². The number of carbonyl (C=O) groups is 2. The van der Waals surface area contributed by atoms with Crippen molar-refractivity contribution in [2.45, 2.75) is 0 Å².